The largest absolute Gasteiger partial charge is 0.573 e. The Kier molecular flexibility index (Phi) is 3.09. The van der Waals surface area contributed by atoms with Crippen LogP contribution in [0.4, 0.5) is 13.2 Å². The highest BCUT2D eigenvalue weighted by molar-refractivity contribution is 5.97. The number of ether oxygens (including phenoxy) is 1. The van der Waals surface area contributed by atoms with Crippen molar-refractivity contribution >= 4 is 5.78 Å². The van der Waals surface area contributed by atoms with E-state index in [4.69, 9.17) is 0 Å². The SMILES string of the molecule is O=C1CCCCc2cc(OC(F)(F)F)ccc21. The molecule has 2 nitrogen and oxygen atoms in total. The molecule has 1 aliphatic rings. The predicted octanol–water partition coefficient (Wildman–Crippen LogP) is 3.49. The van der Waals surface area contributed by atoms with Crippen molar-refractivity contribution in [2.24, 2.45) is 0 Å². The van der Waals surface area contributed by atoms with Crippen LogP contribution in [0.15, 0.2) is 18.2 Å². The number of benzene rings is 1. The standard InChI is InChI=1S/C12H11F3O2/c13-12(14,15)17-9-5-6-10-8(7-9)3-1-2-4-11(10)16/h5-7H,1-4H2. The fourth-order valence-corrected chi connectivity index (χ4v) is 1.98. The summed E-state index contributed by atoms with van der Waals surface area (Å²) in [6, 6.07) is 3.92. The highest BCUT2D eigenvalue weighted by atomic mass is 19.4. The van der Waals surface area contributed by atoms with E-state index in [2.05, 4.69) is 4.74 Å². The van der Waals surface area contributed by atoms with E-state index in [9.17, 15) is 18.0 Å². The second-order valence-corrected chi connectivity index (χ2v) is 4.00. The van der Waals surface area contributed by atoms with Crippen LogP contribution < -0.4 is 4.74 Å². The Balaban J connectivity index is 2.30. The second kappa shape index (κ2) is 4.39. The molecular weight excluding hydrogens is 233 g/mol. The molecule has 1 aromatic rings. The van der Waals surface area contributed by atoms with Gasteiger partial charge in [-0.1, -0.05) is 0 Å². The van der Waals surface area contributed by atoms with Crippen LogP contribution in [-0.4, -0.2) is 12.1 Å². The van der Waals surface area contributed by atoms with E-state index in [1.54, 1.807) is 0 Å². The Bertz CT molecular complexity index is 438. The van der Waals surface area contributed by atoms with Gasteiger partial charge in [-0.25, -0.2) is 0 Å². The van der Waals surface area contributed by atoms with Crippen molar-refractivity contribution in [3.8, 4) is 5.75 Å². The molecule has 0 N–H and O–H groups in total. The van der Waals surface area contributed by atoms with Gasteiger partial charge in [-0.2, -0.15) is 0 Å². The monoisotopic (exact) mass is 244 g/mol. The summed E-state index contributed by atoms with van der Waals surface area (Å²) in [6.07, 6.45) is -2.01. The molecule has 0 fully saturated rings. The first-order valence-electron chi connectivity index (χ1n) is 5.37. The molecule has 0 bridgehead atoms. The zero-order chi connectivity index (χ0) is 12.5. The molecule has 0 aromatic heterocycles. The van der Waals surface area contributed by atoms with E-state index in [1.807, 2.05) is 0 Å². The average molecular weight is 244 g/mol. The van der Waals surface area contributed by atoms with Crippen molar-refractivity contribution in [2.75, 3.05) is 0 Å². The quantitative estimate of drug-likeness (QED) is 0.707. The highest BCUT2D eigenvalue weighted by Gasteiger charge is 2.31. The molecule has 0 heterocycles. The van der Waals surface area contributed by atoms with Gasteiger partial charge >= 0.3 is 6.36 Å². The topological polar surface area (TPSA) is 26.3 Å². The maximum atomic E-state index is 12.0. The summed E-state index contributed by atoms with van der Waals surface area (Å²) in [5.41, 5.74) is 1.17. The number of carbonyl (C=O) groups excluding carboxylic acids is 1. The minimum Gasteiger partial charge on any atom is -0.406 e. The smallest absolute Gasteiger partial charge is 0.406 e. The summed E-state index contributed by atoms with van der Waals surface area (Å²) in [6.45, 7) is 0. The molecule has 0 radical (unpaired) electrons. The molecule has 92 valence electrons. The van der Waals surface area contributed by atoms with Gasteiger partial charge in [0.25, 0.3) is 0 Å². The summed E-state index contributed by atoms with van der Waals surface area (Å²) in [4.78, 5) is 11.6. The summed E-state index contributed by atoms with van der Waals surface area (Å²) in [7, 11) is 0. The number of rotatable bonds is 1. The Morgan fingerprint density at radius 3 is 2.53 bits per heavy atom. The van der Waals surface area contributed by atoms with E-state index < -0.39 is 6.36 Å². The Labute approximate surface area is 96.4 Å². The minimum atomic E-state index is -4.69. The molecular formula is C12H11F3O2. The lowest BCUT2D eigenvalue weighted by Gasteiger charge is -2.11. The summed E-state index contributed by atoms with van der Waals surface area (Å²) >= 11 is 0. The Morgan fingerprint density at radius 1 is 1.12 bits per heavy atom. The maximum Gasteiger partial charge on any atom is 0.573 e. The lowest BCUT2D eigenvalue weighted by atomic mass is 10.0. The van der Waals surface area contributed by atoms with E-state index >= 15 is 0 Å². The highest BCUT2D eigenvalue weighted by Crippen LogP contribution is 2.28. The third-order valence-corrected chi connectivity index (χ3v) is 2.71. The van der Waals surface area contributed by atoms with Crippen molar-refractivity contribution in [1.29, 1.82) is 0 Å². The molecule has 2 rings (SSSR count). The average Bonchev–Trinajstić information content (AvgIpc) is 2.38. The van der Waals surface area contributed by atoms with Gasteiger partial charge in [-0.15, -0.1) is 13.2 Å². The minimum absolute atomic E-state index is 0.00365. The molecule has 0 saturated heterocycles. The first-order chi connectivity index (χ1) is 7.96. The lowest BCUT2D eigenvalue weighted by Crippen LogP contribution is -2.17. The van der Waals surface area contributed by atoms with Crippen molar-refractivity contribution in [1.82, 2.24) is 0 Å². The fraction of sp³-hybridized carbons (Fsp3) is 0.417. The van der Waals surface area contributed by atoms with E-state index in [0.29, 0.717) is 24.0 Å². The third-order valence-electron chi connectivity index (χ3n) is 2.71. The van der Waals surface area contributed by atoms with Crippen LogP contribution in [0.25, 0.3) is 0 Å². The molecule has 17 heavy (non-hydrogen) atoms. The predicted molar refractivity (Wildman–Crippen MR) is 55.0 cm³/mol. The van der Waals surface area contributed by atoms with E-state index in [-0.39, 0.29) is 11.5 Å². The van der Waals surface area contributed by atoms with Crippen LogP contribution in [0.5, 0.6) is 5.75 Å². The van der Waals surface area contributed by atoms with Gasteiger partial charge in [0, 0.05) is 12.0 Å². The Morgan fingerprint density at radius 2 is 1.82 bits per heavy atom. The van der Waals surface area contributed by atoms with Gasteiger partial charge < -0.3 is 4.74 Å². The molecule has 5 heteroatoms. The van der Waals surface area contributed by atoms with E-state index in [1.165, 1.54) is 18.2 Å². The van der Waals surface area contributed by atoms with Gasteiger partial charge in [0.1, 0.15) is 5.75 Å². The first-order valence-corrected chi connectivity index (χ1v) is 5.37. The number of fused-ring (bicyclic) bond motifs is 1. The summed E-state index contributed by atoms with van der Waals surface area (Å²) in [5, 5.41) is 0. The molecule has 0 spiro atoms. The van der Waals surface area contributed by atoms with Gasteiger partial charge in [-0.05, 0) is 43.0 Å². The molecule has 0 unspecified atom stereocenters. The number of halogens is 3. The fourth-order valence-electron chi connectivity index (χ4n) is 1.98. The van der Waals surface area contributed by atoms with Crippen molar-refractivity contribution in [3.63, 3.8) is 0 Å². The number of ketones is 1. The Hall–Kier alpha value is -1.52. The lowest BCUT2D eigenvalue weighted by molar-refractivity contribution is -0.274. The molecule has 0 amide bonds. The number of alkyl halides is 3. The summed E-state index contributed by atoms with van der Waals surface area (Å²) < 4.78 is 40.0. The number of hydrogen-bond donors (Lipinski definition) is 0. The number of aryl methyl sites for hydroxylation is 1. The van der Waals surface area contributed by atoms with Crippen LogP contribution in [0.1, 0.15) is 35.2 Å². The third kappa shape index (κ3) is 2.99. The molecule has 0 saturated carbocycles. The van der Waals surface area contributed by atoms with Crippen LogP contribution in [0, 0.1) is 0 Å². The van der Waals surface area contributed by atoms with Crippen molar-refractivity contribution in [3.05, 3.63) is 29.3 Å². The molecule has 0 atom stereocenters. The number of carbonyl (C=O) groups is 1. The van der Waals surface area contributed by atoms with Crippen LogP contribution in [0.2, 0.25) is 0 Å². The number of Topliss-reactive ketones (excluding diaryl/α,β-unsaturated/α-hetero) is 1. The van der Waals surface area contributed by atoms with Gasteiger partial charge in [0.15, 0.2) is 5.78 Å². The summed E-state index contributed by atoms with van der Waals surface area (Å²) in [5.74, 6) is -0.262. The maximum absolute atomic E-state index is 12.0. The normalized spacial score (nSPS) is 16.3. The van der Waals surface area contributed by atoms with Crippen LogP contribution in [-0.2, 0) is 6.42 Å². The van der Waals surface area contributed by atoms with Crippen LogP contribution >= 0.6 is 0 Å². The van der Waals surface area contributed by atoms with Crippen molar-refractivity contribution < 1.29 is 22.7 Å². The van der Waals surface area contributed by atoms with Crippen molar-refractivity contribution in [2.45, 2.75) is 32.0 Å². The molecule has 0 aliphatic heterocycles. The zero-order valence-electron chi connectivity index (χ0n) is 9.01. The van der Waals surface area contributed by atoms with Crippen LogP contribution in [0.3, 0.4) is 0 Å². The van der Waals surface area contributed by atoms with Gasteiger partial charge in [-0.3, -0.25) is 4.79 Å². The molecule has 1 aliphatic carbocycles. The number of hydrogen-bond acceptors (Lipinski definition) is 2. The molecule has 1 aromatic carbocycles. The second-order valence-electron chi connectivity index (χ2n) is 4.00. The first kappa shape index (κ1) is 12.0. The van der Waals surface area contributed by atoms with E-state index in [0.717, 1.165) is 12.8 Å². The van der Waals surface area contributed by atoms with Gasteiger partial charge in [0.05, 0.1) is 0 Å². The van der Waals surface area contributed by atoms with Gasteiger partial charge in [0.2, 0.25) is 0 Å². The zero-order valence-corrected chi connectivity index (χ0v) is 9.01.